The Morgan fingerprint density at radius 2 is 2.00 bits per heavy atom. The fourth-order valence-corrected chi connectivity index (χ4v) is 3.79. The number of aryl methyl sites for hydroxylation is 1. The lowest BCUT2D eigenvalue weighted by molar-refractivity contribution is 0.374. The molecule has 0 unspecified atom stereocenters. The molecule has 0 saturated carbocycles. The van der Waals surface area contributed by atoms with Crippen LogP contribution in [0.1, 0.15) is 12.3 Å². The van der Waals surface area contributed by atoms with Gasteiger partial charge in [-0.25, -0.2) is 9.37 Å². The maximum absolute atomic E-state index is 13.0. The molecular formula is C19H22FN7OS. The number of nitrogens with zero attached hydrogens (tertiary/aromatic N) is 6. The Morgan fingerprint density at radius 1 is 1.21 bits per heavy atom. The number of hydrogen-bond donors (Lipinski definition) is 1. The number of aliphatic imine (C=N–C) groups is 1. The third kappa shape index (κ3) is 4.89. The van der Waals surface area contributed by atoms with E-state index in [2.05, 4.69) is 29.9 Å². The number of halogens is 1. The highest BCUT2D eigenvalue weighted by Gasteiger charge is 2.19. The van der Waals surface area contributed by atoms with Gasteiger partial charge in [0, 0.05) is 56.3 Å². The van der Waals surface area contributed by atoms with Gasteiger partial charge < -0.3 is 20.1 Å². The zero-order chi connectivity index (χ0) is 20.1. The van der Waals surface area contributed by atoms with Crippen LogP contribution < -0.4 is 10.6 Å². The fourth-order valence-electron chi connectivity index (χ4n) is 3.10. The van der Waals surface area contributed by atoms with Crippen LogP contribution in [0.4, 0.5) is 9.52 Å². The second-order valence-electron chi connectivity index (χ2n) is 6.65. The number of hydrogen-bond acceptors (Lipinski definition) is 7. The van der Waals surface area contributed by atoms with E-state index in [0.717, 1.165) is 43.3 Å². The first kappa shape index (κ1) is 19.3. The Balaban J connectivity index is 1.22. The molecule has 2 aromatic heterocycles. The van der Waals surface area contributed by atoms with Gasteiger partial charge in [0.25, 0.3) is 0 Å². The SMILES string of the molecule is NC(=NCCCc1nc(-c2ccc(F)cc2)no1)N1CCN(c2nccs2)CC1. The van der Waals surface area contributed by atoms with Crippen molar-refractivity contribution in [3.05, 3.63) is 47.6 Å². The van der Waals surface area contributed by atoms with Gasteiger partial charge in [0.1, 0.15) is 5.82 Å². The first-order valence-electron chi connectivity index (χ1n) is 9.47. The molecule has 10 heteroatoms. The standard InChI is InChI=1S/C19H22FN7OS/c20-15-5-3-14(4-6-15)17-24-16(28-25-17)2-1-7-22-18(21)26-9-11-27(12-10-26)19-23-8-13-29-19/h3-6,8,13H,1-2,7,9-12H2,(H2,21,22). The van der Waals surface area contributed by atoms with Gasteiger partial charge >= 0.3 is 0 Å². The van der Waals surface area contributed by atoms with Crippen LogP contribution in [-0.2, 0) is 6.42 Å². The number of anilines is 1. The summed E-state index contributed by atoms with van der Waals surface area (Å²) in [6.07, 6.45) is 3.20. The van der Waals surface area contributed by atoms with Crippen molar-refractivity contribution in [3.8, 4) is 11.4 Å². The fraction of sp³-hybridized carbons (Fsp3) is 0.368. The first-order chi connectivity index (χ1) is 14.2. The normalized spacial score (nSPS) is 15.1. The summed E-state index contributed by atoms with van der Waals surface area (Å²) >= 11 is 1.65. The molecule has 3 heterocycles. The molecule has 1 aliphatic heterocycles. The Morgan fingerprint density at radius 3 is 2.72 bits per heavy atom. The van der Waals surface area contributed by atoms with E-state index in [1.165, 1.54) is 12.1 Å². The van der Waals surface area contributed by atoms with E-state index in [9.17, 15) is 4.39 Å². The molecule has 0 bridgehead atoms. The Bertz CT molecular complexity index is 934. The average Bonchev–Trinajstić information content (AvgIpc) is 3.44. The van der Waals surface area contributed by atoms with Crippen molar-refractivity contribution in [2.45, 2.75) is 12.8 Å². The van der Waals surface area contributed by atoms with Gasteiger partial charge in [-0.1, -0.05) is 5.16 Å². The minimum atomic E-state index is -0.294. The van der Waals surface area contributed by atoms with Crippen LogP contribution >= 0.6 is 11.3 Å². The van der Waals surface area contributed by atoms with E-state index in [0.29, 0.717) is 30.6 Å². The van der Waals surface area contributed by atoms with Gasteiger partial charge in [0.15, 0.2) is 11.1 Å². The van der Waals surface area contributed by atoms with Crippen LogP contribution in [-0.4, -0.2) is 58.7 Å². The molecule has 1 saturated heterocycles. The van der Waals surface area contributed by atoms with E-state index in [4.69, 9.17) is 10.3 Å². The Labute approximate surface area is 171 Å². The number of thiazole rings is 1. The van der Waals surface area contributed by atoms with E-state index < -0.39 is 0 Å². The first-order valence-corrected chi connectivity index (χ1v) is 10.3. The summed E-state index contributed by atoms with van der Waals surface area (Å²) in [5.74, 6) is 1.27. The molecule has 0 amide bonds. The summed E-state index contributed by atoms with van der Waals surface area (Å²) in [4.78, 5) is 17.6. The van der Waals surface area contributed by atoms with Crippen LogP contribution in [0, 0.1) is 5.82 Å². The molecule has 29 heavy (non-hydrogen) atoms. The van der Waals surface area contributed by atoms with Crippen molar-refractivity contribution in [2.75, 3.05) is 37.6 Å². The van der Waals surface area contributed by atoms with Crippen LogP contribution in [0.5, 0.6) is 0 Å². The topological polar surface area (TPSA) is 96.7 Å². The lowest BCUT2D eigenvalue weighted by Gasteiger charge is -2.35. The van der Waals surface area contributed by atoms with E-state index in [1.807, 2.05) is 11.6 Å². The summed E-state index contributed by atoms with van der Waals surface area (Å²) in [5.41, 5.74) is 6.87. The summed E-state index contributed by atoms with van der Waals surface area (Å²) in [6, 6.07) is 6.01. The van der Waals surface area contributed by atoms with Crippen molar-refractivity contribution < 1.29 is 8.91 Å². The predicted molar refractivity (Wildman–Crippen MR) is 110 cm³/mol. The number of piperazine rings is 1. The molecule has 8 nitrogen and oxygen atoms in total. The van der Waals surface area contributed by atoms with Crippen molar-refractivity contribution >= 4 is 22.4 Å². The molecule has 1 aliphatic rings. The van der Waals surface area contributed by atoms with Crippen LogP contribution in [0.25, 0.3) is 11.4 Å². The quantitative estimate of drug-likeness (QED) is 0.375. The maximum atomic E-state index is 13.0. The third-order valence-electron chi connectivity index (χ3n) is 4.69. The zero-order valence-electron chi connectivity index (χ0n) is 15.9. The Hall–Kier alpha value is -3.01. The van der Waals surface area contributed by atoms with E-state index in [1.54, 1.807) is 23.5 Å². The van der Waals surface area contributed by atoms with Crippen molar-refractivity contribution in [2.24, 2.45) is 10.7 Å². The number of rotatable bonds is 6. The molecule has 0 radical (unpaired) electrons. The summed E-state index contributed by atoms with van der Waals surface area (Å²) in [7, 11) is 0. The molecule has 0 aliphatic carbocycles. The molecule has 3 aromatic rings. The van der Waals surface area contributed by atoms with Gasteiger partial charge in [-0.2, -0.15) is 4.98 Å². The number of benzene rings is 1. The number of nitrogens with two attached hydrogens (primary N) is 1. The number of aromatic nitrogens is 3. The average molecular weight is 415 g/mol. The van der Waals surface area contributed by atoms with Crippen LogP contribution in [0.2, 0.25) is 0 Å². The van der Waals surface area contributed by atoms with Gasteiger partial charge in [0.2, 0.25) is 11.7 Å². The summed E-state index contributed by atoms with van der Waals surface area (Å²) in [5, 5.41) is 6.99. The van der Waals surface area contributed by atoms with Crippen molar-refractivity contribution in [1.29, 1.82) is 0 Å². The second-order valence-corrected chi connectivity index (χ2v) is 7.52. The van der Waals surface area contributed by atoms with Crippen molar-refractivity contribution in [3.63, 3.8) is 0 Å². The predicted octanol–water partition coefficient (Wildman–Crippen LogP) is 2.40. The minimum absolute atomic E-state index is 0.294. The van der Waals surface area contributed by atoms with Gasteiger partial charge in [-0.15, -0.1) is 11.3 Å². The zero-order valence-corrected chi connectivity index (χ0v) is 16.7. The van der Waals surface area contributed by atoms with Crippen molar-refractivity contribution in [1.82, 2.24) is 20.0 Å². The highest BCUT2D eigenvalue weighted by molar-refractivity contribution is 7.13. The Kier molecular flexibility index (Phi) is 5.99. The lowest BCUT2D eigenvalue weighted by atomic mass is 10.2. The van der Waals surface area contributed by atoms with E-state index >= 15 is 0 Å². The minimum Gasteiger partial charge on any atom is -0.370 e. The largest absolute Gasteiger partial charge is 0.370 e. The number of guanidine groups is 1. The molecule has 0 atom stereocenters. The lowest BCUT2D eigenvalue weighted by Crippen LogP contribution is -2.51. The second kappa shape index (κ2) is 8.99. The van der Waals surface area contributed by atoms with Crippen LogP contribution in [0.3, 0.4) is 0 Å². The van der Waals surface area contributed by atoms with E-state index in [-0.39, 0.29) is 5.82 Å². The summed E-state index contributed by atoms with van der Waals surface area (Å²) in [6.45, 7) is 4.03. The molecule has 0 spiro atoms. The summed E-state index contributed by atoms with van der Waals surface area (Å²) < 4.78 is 18.3. The molecule has 152 valence electrons. The molecule has 2 N–H and O–H groups in total. The molecule has 4 rings (SSSR count). The molecule has 1 aromatic carbocycles. The van der Waals surface area contributed by atoms with Gasteiger partial charge in [-0.3, -0.25) is 4.99 Å². The van der Waals surface area contributed by atoms with Gasteiger partial charge in [-0.05, 0) is 30.7 Å². The maximum Gasteiger partial charge on any atom is 0.227 e. The molecule has 1 fully saturated rings. The smallest absolute Gasteiger partial charge is 0.227 e. The third-order valence-corrected chi connectivity index (χ3v) is 5.52. The highest BCUT2D eigenvalue weighted by atomic mass is 32.1. The molecular weight excluding hydrogens is 393 g/mol. The monoisotopic (exact) mass is 415 g/mol. The highest BCUT2D eigenvalue weighted by Crippen LogP contribution is 2.19. The van der Waals surface area contributed by atoms with Gasteiger partial charge in [0.05, 0.1) is 0 Å². The van der Waals surface area contributed by atoms with Crippen LogP contribution in [0.15, 0.2) is 45.4 Å².